The Labute approximate surface area is 125 Å². The number of rotatable bonds is 4. The van der Waals surface area contributed by atoms with Gasteiger partial charge in [0.25, 0.3) is 0 Å². The van der Waals surface area contributed by atoms with Gasteiger partial charge >= 0.3 is 0 Å². The molecular weight excluding hydrogens is 292 g/mol. The molecule has 3 aromatic heterocycles. The molecule has 5 nitrogen and oxygen atoms in total. The van der Waals surface area contributed by atoms with Gasteiger partial charge in [0.2, 0.25) is 0 Å². The van der Waals surface area contributed by atoms with Crippen molar-refractivity contribution in [1.82, 2.24) is 19.7 Å². The number of hydrogen-bond acceptors (Lipinski definition) is 5. The highest BCUT2D eigenvalue weighted by molar-refractivity contribution is 7.71. The second-order valence-electron chi connectivity index (χ2n) is 4.41. The number of furan rings is 1. The topological polar surface area (TPSA) is 59.6 Å². The van der Waals surface area contributed by atoms with Crippen LogP contribution in [0.5, 0.6) is 0 Å². The highest BCUT2D eigenvalue weighted by Gasteiger charge is 2.17. The Kier molecular flexibility index (Phi) is 3.54. The summed E-state index contributed by atoms with van der Waals surface area (Å²) in [5, 5.41) is 8.07. The lowest BCUT2D eigenvalue weighted by Crippen LogP contribution is -1.99. The highest BCUT2D eigenvalue weighted by Crippen LogP contribution is 2.34. The van der Waals surface area contributed by atoms with E-state index in [0.717, 1.165) is 40.1 Å². The summed E-state index contributed by atoms with van der Waals surface area (Å²) in [5.41, 5.74) is 0.938. The minimum Gasteiger partial charge on any atom is -0.462 e. The van der Waals surface area contributed by atoms with Crippen LogP contribution in [-0.4, -0.2) is 19.7 Å². The number of aromatic nitrogens is 4. The van der Waals surface area contributed by atoms with Gasteiger partial charge in [-0.15, -0.1) is 11.3 Å². The normalized spacial score (nSPS) is 11.1. The summed E-state index contributed by atoms with van der Waals surface area (Å²) < 4.78 is 8.06. The Morgan fingerprint density at radius 1 is 1.50 bits per heavy atom. The second-order valence-corrected chi connectivity index (χ2v) is 5.80. The van der Waals surface area contributed by atoms with Gasteiger partial charge in [0.1, 0.15) is 0 Å². The molecule has 7 heteroatoms. The Bertz CT molecular complexity index is 767. The summed E-state index contributed by atoms with van der Waals surface area (Å²) in [4.78, 5) is 5.59. The number of thiazole rings is 1. The average Bonchev–Trinajstić information content (AvgIpc) is 3.12. The summed E-state index contributed by atoms with van der Waals surface area (Å²) in [6.45, 7) is 4.94. The van der Waals surface area contributed by atoms with Gasteiger partial charge in [-0.3, -0.25) is 9.67 Å². The molecule has 3 heterocycles. The van der Waals surface area contributed by atoms with E-state index in [0.29, 0.717) is 4.77 Å². The Morgan fingerprint density at radius 3 is 3.05 bits per heavy atom. The number of hydrogen-bond donors (Lipinski definition) is 1. The summed E-state index contributed by atoms with van der Waals surface area (Å²) in [6, 6.07) is 3.77. The lowest BCUT2D eigenvalue weighted by atomic mass is 10.3. The minimum atomic E-state index is 0.647. The van der Waals surface area contributed by atoms with Crippen molar-refractivity contribution in [3.8, 4) is 21.5 Å². The van der Waals surface area contributed by atoms with Crippen LogP contribution in [0.4, 0.5) is 0 Å². The van der Waals surface area contributed by atoms with Crippen LogP contribution in [0.25, 0.3) is 21.5 Å². The predicted octanol–water partition coefficient (Wildman–Crippen LogP) is 4.04. The predicted molar refractivity (Wildman–Crippen MR) is 81.2 cm³/mol. The summed E-state index contributed by atoms with van der Waals surface area (Å²) in [6.07, 6.45) is 2.66. The fourth-order valence-corrected chi connectivity index (χ4v) is 3.29. The van der Waals surface area contributed by atoms with Gasteiger partial charge in [-0.1, -0.05) is 6.92 Å². The molecule has 0 aliphatic rings. The molecule has 104 valence electrons. The molecule has 3 rings (SSSR count). The SMILES string of the molecule is CCCn1c(-c2sc(-c3ccco3)nc2C)n[nH]c1=S. The molecule has 20 heavy (non-hydrogen) atoms. The molecule has 0 aromatic carbocycles. The molecule has 0 spiro atoms. The van der Waals surface area contributed by atoms with E-state index in [1.165, 1.54) is 0 Å². The van der Waals surface area contributed by atoms with Crippen molar-refractivity contribution in [3.63, 3.8) is 0 Å². The van der Waals surface area contributed by atoms with Crippen LogP contribution in [0.3, 0.4) is 0 Å². The first-order valence-corrected chi connectivity index (χ1v) is 7.60. The Balaban J connectivity index is 2.09. The van der Waals surface area contributed by atoms with E-state index in [1.54, 1.807) is 17.6 Å². The molecule has 0 aliphatic carbocycles. The first-order chi connectivity index (χ1) is 9.70. The Hall–Kier alpha value is -1.73. The van der Waals surface area contributed by atoms with Crippen LogP contribution < -0.4 is 0 Å². The minimum absolute atomic E-state index is 0.647. The molecular formula is C13H14N4OS2. The summed E-state index contributed by atoms with van der Waals surface area (Å²) >= 11 is 6.85. The summed E-state index contributed by atoms with van der Waals surface area (Å²) in [5.74, 6) is 1.63. The van der Waals surface area contributed by atoms with Gasteiger partial charge in [0.05, 0.1) is 16.8 Å². The number of nitrogens with one attached hydrogen (secondary N) is 1. The van der Waals surface area contributed by atoms with Gasteiger partial charge in [0, 0.05) is 6.54 Å². The van der Waals surface area contributed by atoms with Gasteiger partial charge in [-0.25, -0.2) is 4.98 Å². The van der Waals surface area contributed by atoms with E-state index < -0.39 is 0 Å². The quantitative estimate of drug-likeness (QED) is 0.739. The maximum atomic E-state index is 5.40. The third-order valence-corrected chi connectivity index (χ3v) is 4.42. The molecule has 3 aromatic rings. The molecule has 0 amide bonds. The molecule has 1 N–H and O–H groups in total. The van der Waals surface area contributed by atoms with Crippen molar-refractivity contribution in [3.05, 3.63) is 28.9 Å². The van der Waals surface area contributed by atoms with E-state index in [1.807, 2.05) is 23.6 Å². The van der Waals surface area contributed by atoms with E-state index in [4.69, 9.17) is 16.6 Å². The zero-order valence-electron chi connectivity index (χ0n) is 11.2. The van der Waals surface area contributed by atoms with Crippen molar-refractivity contribution >= 4 is 23.6 Å². The first kappa shape index (κ1) is 13.3. The van der Waals surface area contributed by atoms with Crippen LogP contribution >= 0.6 is 23.6 Å². The van der Waals surface area contributed by atoms with Crippen LogP contribution in [0, 0.1) is 11.7 Å². The average molecular weight is 306 g/mol. The smallest absolute Gasteiger partial charge is 0.195 e. The molecule has 0 atom stereocenters. The zero-order chi connectivity index (χ0) is 14.1. The van der Waals surface area contributed by atoms with Gasteiger partial charge in [0.15, 0.2) is 21.4 Å². The first-order valence-electron chi connectivity index (χ1n) is 6.37. The van der Waals surface area contributed by atoms with Crippen LogP contribution in [0.2, 0.25) is 0 Å². The third kappa shape index (κ3) is 2.23. The second kappa shape index (κ2) is 5.34. The standard InChI is InChI=1S/C13H14N4OS2/c1-3-6-17-11(15-16-13(17)19)10-8(2)14-12(20-10)9-5-4-7-18-9/h4-5,7H,3,6H2,1-2H3,(H,16,19). The van der Waals surface area contributed by atoms with E-state index >= 15 is 0 Å². The van der Waals surface area contributed by atoms with Crippen molar-refractivity contribution in [2.24, 2.45) is 0 Å². The fourth-order valence-electron chi connectivity index (χ4n) is 2.03. The van der Waals surface area contributed by atoms with Crippen LogP contribution in [0.15, 0.2) is 22.8 Å². The molecule has 0 unspecified atom stereocenters. The lowest BCUT2D eigenvalue weighted by Gasteiger charge is -2.02. The highest BCUT2D eigenvalue weighted by atomic mass is 32.1. The maximum Gasteiger partial charge on any atom is 0.195 e. The number of aromatic amines is 1. The Morgan fingerprint density at radius 2 is 2.35 bits per heavy atom. The number of H-pyrrole nitrogens is 1. The number of nitrogens with zero attached hydrogens (tertiary/aromatic N) is 3. The molecule has 0 aliphatic heterocycles. The van der Waals surface area contributed by atoms with Gasteiger partial charge < -0.3 is 4.42 Å². The van der Waals surface area contributed by atoms with Gasteiger partial charge in [-0.2, -0.15) is 5.10 Å². The van der Waals surface area contributed by atoms with Gasteiger partial charge in [-0.05, 0) is 37.7 Å². The van der Waals surface area contributed by atoms with E-state index in [2.05, 4.69) is 22.1 Å². The zero-order valence-corrected chi connectivity index (χ0v) is 12.8. The van der Waals surface area contributed by atoms with E-state index in [-0.39, 0.29) is 0 Å². The molecule has 0 bridgehead atoms. The third-order valence-electron chi connectivity index (χ3n) is 2.94. The lowest BCUT2D eigenvalue weighted by molar-refractivity contribution is 0.581. The summed E-state index contributed by atoms with van der Waals surface area (Å²) in [7, 11) is 0. The van der Waals surface area contributed by atoms with Crippen molar-refractivity contribution < 1.29 is 4.42 Å². The maximum absolute atomic E-state index is 5.40. The number of aryl methyl sites for hydroxylation is 1. The van der Waals surface area contributed by atoms with Crippen molar-refractivity contribution in [2.45, 2.75) is 26.8 Å². The van der Waals surface area contributed by atoms with Crippen molar-refractivity contribution in [1.29, 1.82) is 0 Å². The molecule has 0 radical (unpaired) electrons. The molecule has 0 saturated carbocycles. The fraction of sp³-hybridized carbons (Fsp3) is 0.308. The largest absolute Gasteiger partial charge is 0.462 e. The molecule has 0 fully saturated rings. The monoisotopic (exact) mass is 306 g/mol. The van der Waals surface area contributed by atoms with Crippen LogP contribution in [-0.2, 0) is 6.54 Å². The van der Waals surface area contributed by atoms with Crippen LogP contribution in [0.1, 0.15) is 19.0 Å². The van der Waals surface area contributed by atoms with Crippen molar-refractivity contribution in [2.75, 3.05) is 0 Å². The van der Waals surface area contributed by atoms with E-state index in [9.17, 15) is 0 Å². The molecule has 0 saturated heterocycles.